The predicted molar refractivity (Wildman–Crippen MR) is 144 cm³/mol. The van der Waals surface area contributed by atoms with E-state index in [1.165, 1.54) is 24.4 Å². The number of Topliss-reactive ketones (excluding diaryl/α,β-unsaturated/α-hetero) is 1. The van der Waals surface area contributed by atoms with Gasteiger partial charge >= 0.3 is 6.18 Å². The normalized spacial score (nSPS) is 13.8. The summed E-state index contributed by atoms with van der Waals surface area (Å²) in [5.41, 5.74) is 3.85. The highest BCUT2D eigenvalue weighted by Gasteiger charge is 2.41. The van der Waals surface area contributed by atoms with Crippen LogP contribution in [0.4, 0.5) is 26.3 Å². The number of fused-ring (bicyclic) bond motifs is 1. The predicted octanol–water partition coefficient (Wildman–Crippen LogP) is 5.10. The molecule has 3 N–H and O–H groups in total. The third-order valence-electron chi connectivity index (χ3n) is 7.12. The topological polar surface area (TPSA) is 120 Å². The molecular formula is C30H23F6N5O3. The number of ketones is 1. The van der Waals surface area contributed by atoms with E-state index in [1.807, 2.05) is 0 Å². The van der Waals surface area contributed by atoms with Crippen LogP contribution in [0.2, 0.25) is 0 Å². The van der Waals surface area contributed by atoms with Crippen LogP contribution in [-0.4, -0.2) is 32.4 Å². The van der Waals surface area contributed by atoms with Crippen LogP contribution in [0.3, 0.4) is 0 Å². The number of nitrogens with one attached hydrogen (secondary N) is 1. The number of aromatic nitrogens is 3. The molecule has 0 fully saturated rings. The van der Waals surface area contributed by atoms with Crippen LogP contribution in [0.1, 0.15) is 62.2 Å². The summed E-state index contributed by atoms with van der Waals surface area (Å²) in [6.45, 7) is -0.775. The number of nitrogens with two attached hydrogens (primary N) is 1. The number of carbonyl (C=O) groups excluding carboxylic acids is 3. The van der Waals surface area contributed by atoms with E-state index in [2.05, 4.69) is 15.4 Å². The van der Waals surface area contributed by atoms with Gasteiger partial charge in [0.05, 0.1) is 17.3 Å². The molecule has 1 atom stereocenters. The van der Waals surface area contributed by atoms with Gasteiger partial charge in [0.2, 0.25) is 5.91 Å². The molecule has 44 heavy (non-hydrogen) atoms. The van der Waals surface area contributed by atoms with Gasteiger partial charge in [-0.05, 0) is 60.7 Å². The largest absolute Gasteiger partial charge is 0.435 e. The van der Waals surface area contributed by atoms with Crippen molar-refractivity contribution in [3.05, 3.63) is 106 Å². The minimum Gasteiger partial charge on any atom is -0.366 e. The Hall–Kier alpha value is -5.01. The number of benzene rings is 2. The van der Waals surface area contributed by atoms with E-state index in [9.17, 15) is 40.7 Å². The van der Waals surface area contributed by atoms with Gasteiger partial charge in [-0.1, -0.05) is 12.1 Å². The van der Waals surface area contributed by atoms with Crippen LogP contribution in [0.5, 0.6) is 0 Å². The van der Waals surface area contributed by atoms with Crippen molar-refractivity contribution in [3.63, 3.8) is 0 Å². The molecule has 4 aromatic rings. The van der Waals surface area contributed by atoms with Gasteiger partial charge in [-0.2, -0.15) is 18.3 Å². The number of pyridine rings is 1. The average Bonchev–Trinajstić information content (AvgIpc) is 3.32. The second kappa shape index (κ2) is 11.9. The maximum atomic E-state index is 14.2. The summed E-state index contributed by atoms with van der Waals surface area (Å²) in [4.78, 5) is 42.0. The zero-order valence-corrected chi connectivity index (χ0v) is 22.7. The molecule has 0 spiro atoms. The second-order valence-corrected chi connectivity index (χ2v) is 10.2. The molecule has 0 saturated carbocycles. The van der Waals surface area contributed by atoms with Crippen LogP contribution in [0.15, 0.2) is 54.7 Å². The molecule has 0 radical (unpaired) electrons. The van der Waals surface area contributed by atoms with Crippen LogP contribution in [0.25, 0.3) is 11.1 Å². The van der Waals surface area contributed by atoms with E-state index in [0.717, 1.165) is 18.2 Å². The number of alkyl halides is 3. The van der Waals surface area contributed by atoms with E-state index in [-0.39, 0.29) is 53.8 Å². The molecule has 2 aromatic heterocycles. The molecule has 2 aromatic carbocycles. The first-order valence-electron chi connectivity index (χ1n) is 13.3. The Kier molecular flexibility index (Phi) is 8.26. The molecule has 8 nitrogen and oxygen atoms in total. The average molecular weight is 616 g/mol. The van der Waals surface area contributed by atoms with Crippen molar-refractivity contribution in [2.75, 3.05) is 0 Å². The SMILES string of the molecule is NC(=O)c1cc(-c2cccnc2[C@H](Cc2cc(F)cc(F)c2)NC(=O)Cn2nc(C(F)(F)F)c3c2C(=O)CCC3)ccc1F. The summed E-state index contributed by atoms with van der Waals surface area (Å²) in [7, 11) is 0. The summed E-state index contributed by atoms with van der Waals surface area (Å²) in [5.74, 6) is -5.15. The molecule has 1 aliphatic rings. The quantitative estimate of drug-likeness (QED) is 0.268. The third kappa shape index (κ3) is 6.33. The molecular weight excluding hydrogens is 592 g/mol. The Morgan fingerprint density at radius 2 is 1.75 bits per heavy atom. The van der Waals surface area contributed by atoms with Gasteiger partial charge in [-0.15, -0.1) is 0 Å². The van der Waals surface area contributed by atoms with Gasteiger partial charge < -0.3 is 11.1 Å². The van der Waals surface area contributed by atoms with Gasteiger partial charge in [0, 0.05) is 29.8 Å². The molecule has 2 heterocycles. The maximum absolute atomic E-state index is 14.2. The third-order valence-corrected chi connectivity index (χ3v) is 7.12. The smallest absolute Gasteiger partial charge is 0.366 e. The Morgan fingerprint density at radius 3 is 2.43 bits per heavy atom. The summed E-state index contributed by atoms with van der Waals surface area (Å²) in [6.07, 6.45) is -3.56. The summed E-state index contributed by atoms with van der Waals surface area (Å²) in [5, 5.41) is 6.19. The first-order chi connectivity index (χ1) is 20.8. The van der Waals surface area contributed by atoms with Crippen molar-refractivity contribution in [2.45, 2.75) is 44.4 Å². The van der Waals surface area contributed by atoms with Gasteiger partial charge in [-0.3, -0.25) is 24.0 Å². The molecule has 5 rings (SSSR count). The van der Waals surface area contributed by atoms with Crippen LogP contribution < -0.4 is 11.1 Å². The Labute approximate surface area is 245 Å². The van der Waals surface area contributed by atoms with Gasteiger partial charge in [0.15, 0.2) is 11.5 Å². The Balaban J connectivity index is 1.54. The summed E-state index contributed by atoms with van der Waals surface area (Å²) >= 11 is 0. The van der Waals surface area contributed by atoms with Crippen LogP contribution in [0, 0.1) is 17.5 Å². The highest BCUT2D eigenvalue weighted by Crippen LogP contribution is 2.36. The first kappa shape index (κ1) is 30.4. The van der Waals surface area contributed by atoms with Crippen molar-refractivity contribution in [3.8, 4) is 11.1 Å². The molecule has 0 saturated heterocycles. The number of amides is 2. The van der Waals surface area contributed by atoms with Gasteiger partial charge in [-0.25, -0.2) is 13.2 Å². The molecule has 0 aliphatic heterocycles. The van der Waals surface area contributed by atoms with Crippen molar-refractivity contribution < 1.29 is 40.7 Å². The zero-order chi connectivity index (χ0) is 31.8. The monoisotopic (exact) mass is 615 g/mol. The fourth-order valence-corrected chi connectivity index (χ4v) is 5.31. The van der Waals surface area contributed by atoms with Crippen molar-refractivity contribution in [1.29, 1.82) is 0 Å². The molecule has 1 aliphatic carbocycles. The Morgan fingerprint density at radius 1 is 1.02 bits per heavy atom. The van der Waals surface area contributed by atoms with Crippen molar-refractivity contribution in [2.24, 2.45) is 5.73 Å². The highest BCUT2D eigenvalue weighted by molar-refractivity contribution is 5.97. The van der Waals surface area contributed by atoms with E-state index in [1.54, 1.807) is 6.07 Å². The van der Waals surface area contributed by atoms with Crippen molar-refractivity contribution in [1.82, 2.24) is 20.1 Å². The summed E-state index contributed by atoms with van der Waals surface area (Å²) < 4.78 is 84.1. The lowest BCUT2D eigenvalue weighted by atomic mass is 9.94. The minimum atomic E-state index is -4.85. The lowest BCUT2D eigenvalue weighted by molar-refractivity contribution is -0.142. The number of carbonyl (C=O) groups is 3. The molecule has 0 unspecified atom stereocenters. The van der Waals surface area contributed by atoms with Crippen LogP contribution >= 0.6 is 0 Å². The lowest BCUT2D eigenvalue weighted by Crippen LogP contribution is -2.34. The molecule has 2 amide bonds. The number of hydrogen-bond donors (Lipinski definition) is 2. The zero-order valence-electron chi connectivity index (χ0n) is 22.7. The highest BCUT2D eigenvalue weighted by atomic mass is 19.4. The number of halogens is 6. The molecule has 228 valence electrons. The van der Waals surface area contributed by atoms with Crippen LogP contribution in [-0.2, 0) is 30.4 Å². The number of primary amides is 1. The maximum Gasteiger partial charge on any atom is 0.435 e. The minimum absolute atomic E-state index is 0.00632. The van der Waals surface area contributed by atoms with E-state index in [0.29, 0.717) is 16.3 Å². The standard InChI is InChI=1S/C30H23F6N5O3/c31-17-9-15(10-18(32)13-17)11-23(26-19(4-2-8-38-26)16-6-7-22(33)21(12-16)29(37)44)39-25(43)14-41-27-20(3-1-5-24(27)42)28(40-41)30(34,35)36/h2,4,6-10,12-13,23H,1,3,5,11,14H2,(H2,37,44)(H,39,43)/t23-/m0/s1. The summed E-state index contributed by atoms with van der Waals surface area (Å²) in [6, 6.07) is 8.17. The van der Waals surface area contributed by atoms with E-state index < -0.39 is 65.1 Å². The number of nitrogens with zero attached hydrogens (tertiary/aromatic N) is 3. The molecule has 0 bridgehead atoms. The van der Waals surface area contributed by atoms with E-state index >= 15 is 0 Å². The van der Waals surface area contributed by atoms with Crippen molar-refractivity contribution >= 4 is 17.6 Å². The number of rotatable bonds is 8. The first-order valence-corrected chi connectivity index (χ1v) is 13.3. The lowest BCUT2D eigenvalue weighted by Gasteiger charge is -2.22. The molecule has 14 heteroatoms. The van der Waals surface area contributed by atoms with Gasteiger partial charge in [0.25, 0.3) is 5.91 Å². The Bertz CT molecular complexity index is 1770. The number of hydrogen-bond acceptors (Lipinski definition) is 5. The second-order valence-electron chi connectivity index (χ2n) is 10.2. The van der Waals surface area contributed by atoms with E-state index in [4.69, 9.17) is 5.73 Å². The fourth-order valence-electron chi connectivity index (χ4n) is 5.31. The van der Waals surface area contributed by atoms with Gasteiger partial charge in [0.1, 0.15) is 29.7 Å². The fraction of sp³-hybridized carbons (Fsp3) is 0.233.